The maximum atomic E-state index is 12.1. The highest BCUT2D eigenvalue weighted by Crippen LogP contribution is 2.16. The summed E-state index contributed by atoms with van der Waals surface area (Å²) in [5.74, 6) is -0.404. The second-order valence-corrected chi connectivity index (χ2v) is 3.84. The number of aromatic nitrogens is 2. The van der Waals surface area contributed by atoms with Gasteiger partial charge in [-0.25, -0.2) is 4.68 Å². The highest BCUT2D eigenvalue weighted by Gasteiger charge is 2.15. The van der Waals surface area contributed by atoms with Gasteiger partial charge in [-0.2, -0.15) is 0 Å². The Morgan fingerprint density at radius 1 is 1.41 bits per heavy atom. The van der Waals surface area contributed by atoms with Crippen LogP contribution < -0.4 is 11.3 Å². The summed E-state index contributed by atoms with van der Waals surface area (Å²) in [7, 11) is 0. The molecule has 1 aromatic carbocycles. The molecule has 3 N–H and O–H groups in total. The van der Waals surface area contributed by atoms with Gasteiger partial charge in [0.15, 0.2) is 0 Å². The number of aromatic amines is 1. The summed E-state index contributed by atoms with van der Waals surface area (Å²) < 4.78 is 1.11. The molecular weight excluding hydrogens is 242 g/mol. The average molecular weight is 252 g/mol. The zero-order valence-corrected chi connectivity index (χ0v) is 9.57. The van der Waals surface area contributed by atoms with Gasteiger partial charge in [0, 0.05) is 12.6 Å². The third kappa shape index (κ3) is 2.15. The van der Waals surface area contributed by atoms with Gasteiger partial charge in [0.05, 0.1) is 16.3 Å². The van der Waals surface area contributed by atoms with E-state index in [2.05, 4.69) is 5.10 Å². The monoisotopic (exact) mass is 251 g/mol. The van der Waals surface area contributed by atoms with Crippen LogP contribution in [0.4, 0.5) is 0 Å². The van der Waals surface area contributed by atoms with E-state index in [1.54, 1.807) is 24.3 Å². The van der Waals surface area contributed by atoms with Gasteiger partial charge in [-0.3, -0.25) is 14.7 Å². The van der Waals surface area contributed by atoms with Gasteiger partial charge in [-0.15, -0.1) is 0 Å². The van der Waals surface area contributed by atoms with E-state index in [1.807, 2.05) is 0 Å². The van der Waals surface area contributed by atoms with E-state index < -0.39 is 5.91 Å². The van der Waals surface area contributed by atoms with Gasteiger partial charge in [0.25, 0.3) is 11.5 Å². The van der Waals surface area contributed by atoms with Crippen molar-refractivity contribution in [1.82, 2.24) is 9.78 Å². The molecule has 0 saturated carbocycles. The van der Waals surface area contributed by atoms with Crippen LogP contribution in [0.3, 0.4) is 0 Å². The summed E-state index contributed by atoms with van der Waals surface area (Å²) in [5, 5.41) is 2.72. The lowest BCUT2D eigenvalue weighted by Crippen LogP contribution is -2.19. The van der Waals surface area contributed by atoms with Crippen molar-refractivity contribution in [2.45, 2.75) is 6.54 Å². The van der Waals surface area contributed by atoms with E-state index >= 15 is 0 Å². The van der Waals surface area contributed by atoms with Gasteiger partial charge in [-0.1, -0.05) is 23.7 Å². The fourth-order valence-electron chi connectivity index (χ4n) is 1.52. The first-order valence-corrected chi connectivity index (χ1v) is 5.31. The Balaban J connectivity index is 2.51. The SMILES string of the molecule is NCc1cc(=O)[nH]n1C(=O)c1ccccc1Cl. The molecule has 0 atom stereocenters. The van der Waals surface area contributed by atoms with Crippen molar-refractivity contribution in [3.8, 4) is 0 Å². The molecular formula is C11H10ClN3O2. The minimum absolute atomic E-state index is 0.0922. The molecule has 1 aromatic heterocycles. The van der Waals surface area contributed by atoms with Crippen LogP contribution in [-0.4, -0.2) is 15.7 Å². The van der Waals surface area contributed by atoms with Gasteiger partial charge in [0.2, 0.25) is 0 Å². The quantitative estimate of drug-likeness (QED) is 0.835. The number of H-pyrrole nitrogens is 1. The van der Waals surface area contributed by atoms with E-state index in [0.29, 0.717) is 16.3 Å². The van der Waals surface area contributed by atoms with Crippen molar-refractivity contribution in [3.05, 3.63) is 57.0 Å². The summed E-state index contributed by atoms with van der Waals surface area (Å²) in [6.45, 7) is 0.0922. The zero-order chi connectivity index (χ0) is 12.4. The standard InChI is InChI=1S/C11H10ClN3O2/c12-9-4-2-1-3-8(9)11(17)15-7(6-13)5-10(16)14-15/h1-5H,6,13H2,(H,14,16). The minimum Gasteiger partial charge on any atom is -0.325 e. The minimum atomic E-state index is -0.404. The van der Waals surface area contributed by atoms with Gasteiger partial charge >= 0.3 is 0 Å². The number of nitrogens with two attached hydrogens (primary N) is 1. The number of benzene rings is 1. The predicted molar refractivity (Wildman–Crippen MR) is 64.1 cm³/mol. The molecule has 0 radical (unpaired) electrons. The maximum absolute atomic E-state index is 12.1. The number of rotatable bonds is 2. The van der Waals surface area contributed by atoms with Crippen LogP contribution in [0.2, 0.25) is 5.02 Å². The lowest BCUT2D eigenvalue weighted by molar-refractivity contribution is 0.0941. The summed E-state index contributed by atoms with van der Waals surface area (Å²) in [5.41, 5.74) is 5.82. The van der Waals surface area contributed by atoms with Gasteiger partial charge in [0.1, 0.15) is 0 Å². The van der Waals surface area contributed by atoms with Crippen molar-refractivity contribution in [3.63, 3.8) is 0 Å². The number of hydrogen-bond donors (Lipinski definition) is 2. The van der Waals surface area contributed by atoms with E-state index in [-0.39, 0.29) is 12.1 Å². The average Bonchev–Trinajstić information content (AvgIpc) is 2.70. The van der Waals surface area contributed by atoms with Crippen LogP contribution in [0.15, 0.2) is 35.1 Å². The normalized spacial score (nSPS) is 10.5. The lowest BCUT2D eigenvalue weighted by atomic mass is 10.2. The van der Waals surface area contributed by atoms with E-state index in [0.717, 1.165) is 4.68 Å². The molecule has 0 aliphatic heterocycles. The second kappa shape index (κ2) is 4.57. The van der Waals surface area contributed by atoms with Gasteiger partial charge in [-0.05, 0) is 12.1 Å². The smallest absolute Gasteiger partial charge is 0.278 e. The van der Waals surface area contributed by atoms with Crippen LogP contribution in [0.1, 0.15) is 16.1 Å². The van der Waals surface area contributed by atoms with Crippen molar-refractivity contribution < 1.29 is 4.79 Å². The second-order valence-electron chi connectivity index (χ2n) is 3.44. The summed E-state index contributed by atoms with van der Waals surface area (Å²) in [4.78, 5) is 23.3. The molecule has 0 saturated heterocycles. The number of nitrogens with one attached hydrogen (secondary N) is 1. The third-order valence-electron chi connectivity index (χ3n) is 2.32. The lowest BCUT2D eigenvalue weighted by Gasteiger charge is -2.06. The molecule has 17 heavy (non-hydrogen) atoms. The topological polar surface area (TPSA) is 80.9 Å². The van der Waals surface area contributed by atoms with Crippen molar-refractivity contribution in [2.24, 2.45) is 5.73 Å². The van der Waals surface area contributed by atoms with Crippen LogP contribution >= 0.6 is 11.6 Å². The molecule has 2 aromatic rings. The van der Waals surface area contributed by atoms with Crippen molar-refractivity contribution in [1.29, 1.82) is 0 Å². The van der Waals surface area contributed by atoms with Crippen LogP contribution in [-0.2, 0) is 6.54 Å². The molecule has 6 heteroatoms. The fourth-order valence-corrected chi connectivity index (χ4v) is 1.73. The Kier molecular flexibility index (Phi) is 3.12. The molecule has 0 fully saturated rings. The highest BCUT2D eigenvalue weighted by atomic mass is 35.5. The van der Waals surface area contributed by atoms with Gasteiger partial charge < -0.3 is 5.73 Å². The zero-order valence-electron chi connectivity index (χ0n) is 8.81. The molecule has 88 valence electrons. The molecule has 1 heterocycles. The van der Waals surface area contributed by atoms with Crippen LogP contribution in [0.5, 0.6) is 0 Å². The number of carbonyl (C=O) groups excluding carboxylic acids is 1. The summed E-state index contributed by atoms with van der Waals surface area (Å²) in [6.07, 6.45) is 0. The Bertz CT molecular complexity index is 615. The summed E-state index contributed by atoms with van der Waals surface area (Å²) >= 11 is 5.91. The molecule has 0 unspecified atom stereocenters. The molecule has 5 nitrogen and oxygen atoms in total. The summed E-state index contributed by atoms with van der Waals surface area (Å²) in [6, 6.07) is 7.90. The number of halogens is 1. The molecule has 0 aliphatic carbocycles. The first-order chi connectivity index (χ1) is 8.13. The fraction of sp³-hybridized carbons (Fsp3) is 0.0909. The Hall–Kier alpha value is -1.85. The number of carbonyl (C=O) groups is 1. The van der Waals surface area contributed by atoms with E-state index in [9.17, 15) is 9.59 Å². The third-order valence-corrected chi connectivity index (χ3v) is 2.65. The van der Waals surface area contributed by atoms with Crippen LogP contribution in [0.25, 0.3) is 0 Å². The Morgan fingerprint density at radius 3 is 2.76 bits per heavy atom. The van der Waals surface area contributed by atoms with E-state index in [4.69, 9.17) is 17.3 Å². The molecule has 0 amide bonds. The number of hydrogen-bond acceptors (Lipinski definition) is 3. The maximum Gasteiger partial charge on any atom is 0.278 e. The van der Waals surface area contributed by atoms with E-state index in [1.165, 1.54) is 6.07 Å². The molecule has 0 bridgehead atoms. The molecule has 0 aliphatic rings. The van der Waals surface area contributed by atoms with Crippen molar-refractivity contribution >= 4 is 17.5 Å². The molecule has 2 rings (SSSR count). The Morgan fingerprint density at radius 2 is 2.12 bits per heavy atom. The molecule has 0 spiro atoms. The number of nitrogens with zero attached hydrogens (tertiary/aromatic N) is 1. The van der Waals surface area contributed by atoms with Crippen molar-refractivity contribution in [2.75, 3.05) is 0 Å². The predicted octanol–water partition coefficient (Wildman–Crippen LogP) is 0.977. The highest BCUT2D eigenvalue weighted by molar-refractivity contribution is 6.33. The Labute approximate surface area is 102 Å². The largest absolute Gasteiger partial charge is 0.325 e. The first kappa shape index (κ1) is 11.6. The van der Waals surface area contributed by atoms with Crippen LogP contribution in [0, 0.1) is 0 Å². The first-order valence-electron chi connectivity index (χ1n) is 4.93.